The lowest BCUT2D eigenvalue weighted by Crippen LogP contribution is -1.73. The van der Waals surface area contributed by atoms with E-state index in [-0.39, 0.29) is 0 Å². The maximum atomic E-state index is 9.13. The summed E-state index contributed by atoms with van der Waals surface area (Å²) >= 11 is 0. The van der Waals surface area contributed by atoms with Crippen LogP contribution in [0.3, 0.4) is 0 Å². The summed E-state index contributed by atoms with van der Waals surface area (Å²) in [6.45, 7) is 4.51. The number of benzene rings is 2. The first-order valence-corrected chi connectivity index (χ1v) is 7.45. The molecule has 104 valence electrons. The maximum absolute atomic E-state index is 9.13. The van der Waals surface area contributed by atoms with Gasteiger partial charge >= 0.3 is 0 Å². The standard InChI is InChI=1S/C10H8O.C8H18/c11-10-6-5-8-3-1-2-4-9(8)7-10;1-3-5-7-8-6-4-2/h1-7,11H;3-8H2,1-2H3. The van der Waals surface area contributed by atoms with E-state index in [4.69, 9.17) is 5.11 Å². The van der Waals surface area contributed by atoms with E-state index in [1.165, 1.54) is 38.5 Å². The van der Waals surface area contributed by atoms with Gasteiger partial charge in [-0.2, -0.15) is 0 Å². The Hall–Kier alpha value is -1.50. The van der Waals surface area contributed by atoms with E-state index < -0.39 is 0 Å². The zero-order valence-electron chi connectivity index (χ0n) is 12.2. The summed E-state index contributed by atoms with van der Waals surface area (Å²) < 4.78 is 0. The van der Waals surface area contributed by atoms with Gasteiger partial charge in [0.1, 0.15) is 5.75 Å². The molecule has 1 nitrogen and oxygen atoms in total. The van der Waals surface area contributed by atoms with Crippen molar-refractivity contribution in [2.45, 2.75) is 52.4 Å². The van der Waals surface area contributed by atoms with E-state index in [2.05, 4.69) is 13.8 Å². The Morgan fingerprint density at radius 1 is 0.737 bits per heavy atom. The molecule has 0 fully saturated rings. The van der Waals surface area contributed by atoms with Gasteiger partial charge in [0, 0.05) is 0 Å². The molecule has 19 heavy (non-hydrogen) atoms. The Balaban J connectivity index is 0.000000203. The normalized spacial score (nSPS) is 10.0. The molecule has 1 heteroatoms. The molecule has 0 saturated heterocycles. The van der Waals surface area contributed by atoms with Crippen molar-refractivity contribution in [1.29, 1.82) is 0 Å². The van der Waals surface area contributed by atoms with Crippen LogP contribution in [0.4, 0.5) is 0 Å². The summed E-state index contributed by atoms with van der Waals surface area (Å²) in [4.78, 5) is 0. The van der Waals surface area contributed by atoms with Crippen LogP contribution < -0.4 is 0 Å². The Morgan fingerprint density at radius 2 is 1.32 bits per heavy atom. The number of unbranched alkanes of at least 4 members (excludes halogenated alkanes) is 5. The average molecular weight is 258 g/mol. The van der Waals surface area contributed by atoms with Gasteiger partial charge in [-0.05, 0) is 22.9 Å². The number of fused-ring (bicyclic) bond motifs is 1. The minimum Gasteiger partial charge on any atom is -0.508 e. The third-order valence-electron chi connectivity index (χ3n) is 3.19. The van der Waals surface area contributed by atoms with Gasteiger partial charge in [-0.1, -0.05) is 82.7 Å². The largest absolute Gasteiger partial charge is 0.508 e. The van der Waals surface area contributed by atoms with E-state index in [0.29, 0.717) is 5.75 Å². The molecule has 1 N–H and O–H groups in total. The van der Waals surface area contributed by atoms with Crippen LogP contribution in [-0.4, -0.2) is 5.11 Å². The summed E-state index contributed by atoms with van der Waals surface area (Å²) in [5.41, 5.74) is 0. The van der Waals surface area contributed by atoms with E-state index in [9.17, 15) is 0 Å². The fourth-order valence-electron chi connectivity index (χ4n) is 2.03. The summed E-state index contributed by atoms with van der Waals surface area (Å²) in [5, 5.41) is 11.4. The van der Waals surface area contributed by atoms with Crippen LogP contribution in [0.5, 0.6) is 5.75 Å². The number of phenolic OH excluding ortho intramolecular Hbond substituents is 1. The molecule has 0 saturated carbocycles. The van der Waals surface area contributed by atoms with Gasteiger partial charge in [-0.25, -0.2) is 0 Å². The fraction of sp³-hybridized carbons (Fsp3) is 0.444. The third-order valence-corrected chi connectivity index (χ3v) is 3.19. The van der Waals surface area contributed by atoms with E-state index in [1.54, 1.807) is 12.1 Å². The van der Waals surface area contributed by atoms with Crippen LogP contribution >= 0.6 is 0 Å². The second-order valence-corrected chi connectivity index (χ2v) is 4.95. The van der Waals surface area contributed by atoms with Crippen molar-refractivity contribution < 1.29 is 5.11 Å². The number of hydrogen-bond donors (Lipinski definition) is 1. The van der Waals surface area contributed by atoms with Gasteiger partial charge < -0.3 is 5.11 Å². The predicted octanol–water partition coefficient (Wildman–Crippen LogP) is 5.91. The topological polar surface area (TPSA) is 20.2 Å². The fourth-order valence-corrected chi connectivity index (χ4v) is 2.03. The Bertz CT molecular complexity index is 456. The summed E-state index contributed by atoms with van der Waals surface area (Å²) in [6, 6.07) is 13.3. The van der Waals surface area contributed by atoms with Gasteiger partial charge in [0.2, 0.25) is 0 Å². The van der Waals surface area contributed by atoms with Crippen LogP contribution in [-0.2, 0) is 0 Å². The van der Waals surface area contributed by atoms with Gasteiger partial charge in [0.25, 0.3) is 0 Å². The van der Waals surface area contributed by atoms with Crippen molar-refractivity contribution in [3.63, 3.8) is 0 Å². The second-order valence-electron chi connectivity index (χ2n) is 4.95. The van der Waals surface area contributed by atoms with Crippen molar-refractivity contribution in [2.75, 3.05) is 0 Å². The number of aromatic hydroxyl groups is 1. The number of rotatable bonds is 5. The Kier molecular flexibility index (Phi) is 7.72. The van der Waals surface area contributed by atoms with Gasteiger partial charge in [0.05, 0.1) is 0 Å². The van der Waals surface area contributed by atoms with Crippen molar-refractivity contribution in [1.82, 2.24) is 0 Å². The highest BCUT2D eigenvalue weighted by Crippen LogP contribution is 2.18. The number of hydrogen-bond acceptors (Lipinski definition) is 1. The molecule has 0 bridgehead atoms. The first-order valence-electron chi connectivity index (χ1n) is 7.45. The molecular formula is C18H26O. The lowest BCUT2D eigenvalue weighted by molar-refractivity contribution is 0.476. The molecule has 0 atom stereocenters. The Morgan fingerprint density at radius 3 is 1.89 bits per heavy atom. The molecule has 0 heterocycles. The maximum Gasteiger partial charge on any atom is 0.116 e. The van der Waals surface area contributed by atoms with Crippen LogP contribution in [0.15, 0.2) is 42.5 Å². The molecule has 0 aliphatic carbocycles. The first-order chi connectivity index (χ1) is 9.27. The van der Waals surface area contributed by atoms with Crippen molar-refractivity contribution in [2.24, 2.45) is 0 Å². The molecule has 2 rings (SSSR count). The van der Waals surface area contributed by atoms with Crippen LogP contribution in [0.2, 0.25) is 0 Å². The number of phenols is 1. The lowest BCUT2D eigenvalue weighted by Gasteiger charge is -1.96. The molecule has 2 aromatic carbocycles. The summed E-state index contributed by atoms with van der Waals surface area (Å²) in [7, 11) is 0. The SMILES string of the molecule is CCCCCCCC.Oc1ccc2ccccc2c1. The minimum absolute atomic E-state index is 0.323. The highest BCUT2D eigenvalue weighted by Gasteiger charge is 1.91. The van der Waals surface area contributed by atoms with Crippen molar-refractivity contribution >= 4 is 10.8 Å². The Labute approximate surface area is 117 Å². The molecule has 0 amide bonds. The molecule has 2 aromatic rings. The summed E-state index contributed by atoms with van der Waals surface area (Å²) in [5.74, 6) is 0.323. The summed E-state index contributed by atoms with van der Waals surface area (Å²) in [6.07, 6.45) is 8.49. The van der Waals surface area contributed by atoms with E-state index >= 15 is 0 Å². The third kappa shape index (κ3) is 6.28. The molecular weight excluding hydrogens is 232 g/mol. The van der Waals surface area contributed by atoms with Crippen LogP contribution in [0, 0.1) is 0 Å². The van der Waals surface area contributed by atoms with Gasteiger partial charge in [-0.3, -0.25) is 0 Å². The van der Waals surface area contributed by atoms with E-state index in [0.717, 1.165) is 10.8 Å². The quantitative estimate of drug-likeness (QED) is 0.661. The van der Waals surface area contributed by atoms with Crippen LogP contribution in [0.1, 0.15) is 52.4 Å². The lowest BCUT2D eigenvalue weighted by atomic mass is 10.1. The van der Waals surface area contributed by atoms with E-state index in [1.807, 2.05) is 30.3 Å². The molecule has 0 radical (unpaired) electrons. The van der Waals surface area contributed by atoms with Crippen molar-refractivity contribution in [3.05, 3.63) is 42.5 Å². The zero-order valence-corrected chi connectivity index (χ0v) is 12.2. The highest BCUT2D eigenvalue weighted by atomic mass is 16.3. The smallest absolute Gasteiger partial charge is 0.116 e. The van der Waals surface area contributed by atoms with Gasteiger partial charge in [0.15, 0.2) is 0 Å². The van der Waals surface area contributed by atoms with Crippen molar-refractivity contribution in [3.8, 4) is 5.75 Å². The molecule has 0 aliphatic rings. The molecule has 0 aliphatic heterocycles. The molecule has 0 spiro atoms. The molecule has 0 aromatic heterocycles. The second kappa shape index (κ2) is 9.43. The first kappa shape index (κ1) is 15.6. The average Bonchev–Trinajstić information content (AvgIpc) is 2.44. The zero-order chi connectivity index (χ0) is 13.9. The highest BCUT2D eigenvalue weighted by molar-refractivity contribution is 5.83. The van der Waals surface area contributed by atoms with Crippen LogP contribution in [0.25, 0.3) is 10.8 Å². The minimum atomic E-state index is 0.323. The predicted molar refractivity (Wildman–Crippen MR) is 84.7 cm³/mol. The monoisotopic (exact) mass is 258 g/mol. The van der Waals surface area contributed by atoms with Gasteiger partial charge in [-0.15, -0.1) is 0 Å². The molecule has 0 unspecified atom stereocenters.